The van der Waals surface area contributed by atoms with Gasteiger partial charge in [-0.2, -0.15) is 0 Å². The van der Waals surface area contributed by atoms with Crippen molar-refractivity contribution in [3.8, 4) is 0 Å². The number of carbonyl (C=O) groups excluding carboxylic acids is 1. The number of aliphatic hydroxyl groups excluding tert-OH is 1. The number of Topliss-reactive ketones (excluding diaryl/α,β-unsaturated/α-hetero) is 1. The summed E-state index contributed by atoms with van der Waals surface area (Å²) in [7, 11) is 0. The molecule has 1 fully saturated rings. The zero-order valence-corrected chi connectivity index (χ0v) is 8.48. The van der Waals surface area contributed by atoms with Gasteiger partial charge in [-0.05, 0) is 0 Å². The molecule has 0 saturated carbocycles. The highest BCUT2D eigenvalue weighted by Crippen LogP contribution is 2.00. The maximum atomic E-state index is 11.1. The van der Waals surface area contributed by atoms with Gasteiger partial charge in [0.1, 0.15) is 0 Å². The van der Waals surface area contributed by atoms with Crippen LogP contribution in [0.3, 0.4) is 0 Å². The van der Waals surface area contributed by atoms with Gasteiger partial charge in [0, 0.05) is 32.7 Å². The van der Waals surface area contributed by atoms with Crippen LogP contribution in [0.1, 0.15) is 0 Å². The van der Waals surface area contributed by atoms with Crippen LogP contribution in [0.25, 0.3) is 0 Å². The molecule has 1 aliphatic rings. The lowest BCUT2D eigenvalue weighted by Crippen LogP contribution is -2.49. The highest BCUT2D eigenvalue weighted by atomic mass is 16.3. The van der Waals surface area contributed by atoms with Crippen molar-refractivity contribution in [2.45, 2.75) is 0 Å². The zero-order chi connectivity index (χ0) is 10.4. The molecule has 0 atom stereocenters. The number of ketones is 1. The van der Waals surface area contributed by atoms with E-state index < -0.39 is 0 Å². The quantitative estimate of drug-likeness (QED) is 0.545. The van der Waals surface area contributed by atoms with E-state index in [1.807, 2.05) is 0 Å². The molecule has 0 aromatic carbocycles. The molecule has 1 aliphatic heterocycles. The van der Waals surface area contributed by atoms with Crippen LogP contribution < -0.4 is 5.73 Å². The van der Waals surface area contributed by atoms with Gasteiger partial charge in [0.05, 0.1) is 19.7 Å². The van der Waals surface area contributed by atoms with E-state index in [-0.39, 0.29) is 18.9 Å². The topological polar surface area (TPSA) is 69.8 Å². The van der Waals surface area contributed by atoms with Crippen LogP contribution in [-0.2, 0) is 4.79 Å². The summed E-state index contributed by atoms with van der Waals surface area (Å²) in [5.74, 6) is 0.0978. The predicted octanol–water partition coefficient (Wildman–Crippen LogP) is -1.88. The second kappa shape index (κ2) is 6.08. The molecule has 14 heavy (non-hydrogen) atoms. The highest BCUT2D eigenvalue weighted by molar-refractivity contribution is 5.82. The van der Waals surface area contributed by atoms with Crippen molar-refractivity contribution in [1.82, 2.24) is 9.80 Å². The smallest absolute Gasteiger partial charge is 0.160 e. The van der Waals surface area contributed by atoms with E-state index in [1.54, 1.807) is 0 Å². The molecular formula is C9H19N3O2. The first-order valence-electron chi connectivity index (χ1n) is 5.03. The van der Waals surface area contributed by atoms with Crippen molar-refractivity contribution >= 4 is 5.78 Å². The minimum absolute atomic E-state index is 0.0978. The van der Waals surface area contributed by atoms with E-state index in [9.17, 15) is 4.79 Å². The third-order valence-corrected chi connectivity index (χ3v) is 2.51. The Bertz CT molecular complexity index is 179. The van der Waals surface area contributed by atoms with E-state index in [2.05, 4.69) is 9.80 Å². The van der Waals surface area contributed by atoms with Crippen LogP contribution in [0.2, 0.25) is 0 Å². The first-order chi connectivity index (χ1) is 6.76. The molecule has 0 unspecified atom stereocenters. The van der Waals surface area contributed by atoms with Gasteiger partial charge >= 0.3 is 0 Å². The minimum Gasteiger partial charge on any atom is -0.395 e. The van der Waals surface area contributed by atoms with Gasteiger partial charge in [-0.15, -0.1) is 0 Å². The number of hydrogen-bond acceptors (Lipinski definition) is 5. The lowest BCUT2D eigenvalue weighted by Gasteiger charge is -2.33. The van der Waals surface area contributed by atoms with Crippen molar-refractivity contribution in [1.29, 1.82) is 0 Å². The number of piperazine rings is 1. The van der Waals surface area contributed by atoms with Gasteiger partial charge in [-0.3, -0.25) is 14.6 Å². The molecule has 5 nitrogen and oxygen atoms in total. The number of nitrogens with zero attached hydrogens (tertiary/aromatic N) is 2. The van der Waals surface area contributed by atoms with Gasteiger partial charge in [-0.1, -0.05) is 0 Å². The standard InChI is InChI=1S/C9H19N3O2/c10-7-9(14)8-12-3-1-11(2-4-12)5-6-13/h13H,1-8,10H2. The summed E-state index contributed by atoms with van der Waals surface area (Å²) in [5.41, 5.74) is 5.24. The van der Waals surface area contributed by atoms with Crippen molar-refractivity contribution in [2.75, 3.05) is 52.4 Å². The third kappa shape index (κ3) is 3.71. The molecule has 3 N–H and O–H groups in total. The molecule has 5 heteroatoms. The highest BCUT2D eigenvalue weighted by Gasteiger charge is 2.17. The monoisotopic (exact) mass is 201 g/mol. The van der Waals surface area contributed by atoms with E-state index >= 15 is 0 Å². The summed E-state index contributed by atoms with van der Waals surface area (Å²) < 4.78 is 0. The molecule has 1 rings (SSSR count). The lowest BCUT2D eigenvalue weighted by molar-refractivity contribution is -0.119. The molecule has 0 bridgehead atoms. The van der Waals surface area contributed by atoms with E-state index in [1.165, 1.54) is 0 Å². The Kier molecular flexibility index (Phi) is 5.03. The molecule has 0 radical (unpaired) electrons. The van der Waals surface area contributed by atoms with Gasteiger partial charge in [0.15, 0.2) is 5.78 Å². The van der Waals surface area contributed by atoms with Crippen LogP contribution >= 0.6 is 0 Å². The average Bonchev–Trinajstić information content (AvgIpc) is 2.21. The molecular weight excluding hydrogens is 182 g/mol. The molecule has 0 aromatic rings. The van der Waals surface area contributed by atoms with Crippen LogP contribution in [0.5, 0.6) is 0 Å². The Hall–Kier alpha value is -0.490. The Balaban J connectivity index is 2.18. The van der Waals surface area contributed by atoms with Crippen LogP contribution in [0.15, 0.2) is 0 Å². The molecule has 1 heterocycles. The largest absolute Gasteiger partial charge is 0.395 e. The van der Waals surface area contributed by atoms with E-state index in [0.717, 1.165) is 32.7 Å². The summed E-state index contributed by atoms with van der Waals surface area (Å²) in [6, 6.07) is 0. The Labute approximate surface area is 84.5 Å². The summed E-state index contributed by atoms with van der Waals surface area (Å²) in [6.07, 6.45) is 0. The van der Waals surface area contributed by atoms with E-state index in [4.69, 9.17) is 10.8 Å². The Morgan fingerprint density at radius 1 is 1.21 bits per heavy atom. The molecule has 1 saturated heterocycles. The molecule has 0 aliphatic carbocycles. The van der Waals surface area contributed by atoms with Crippen molar-refractivity contribution in [2.24, 2.45) is 5.73 Å². The van der Waals surface area contributed by atoms with Gasteiger partial charge in [-0.25, -0.2) is 0 Å². The van der Waals surface area contributed by atoms with E-state index in [0.29, 0.717) is 6.54 Å². The second-order valence-corrected chi connectivity index (χ2v) is 3.58. The van der Waals surface area contributed by atoms with Crippen molar-refractivity contribution in [3.05, 3.63) is 0 Å². The number of nitrogens with two attached hydrogens (primary N) is 1. The molecule has 82 valence electrons. The zero-order valence-electron chi connectivity index (χ0n) is 8.48. The summed E-state index contributed by atoms with van der Waals surface area (Å²) in [6.45, 7) is 5.20. The maximum Gasteiger partial charge on any atom is 0.160 e. The predicted molar refractivity (Wildman–Crippen MR) is 54.0 cm³/mol. The molecule has 0 aromatic heterocycles. The van der Waals surface area contributed by atoms with Crippen LogP contribution in [-0.4, -0.2) is 73.1 Å². The normalized spacial score (nSPS) is 19.9. The number of hydrogen-bond donors (Lipinski definition) is 2. The van der Waals surface area contributed by atoms with Gasteiger partial charge < -0.3 is 10.8 Å². The molecule has 0 spiro atoms. The maximum absolute atomic E-state index is 11.1. The number of rotatable bonds is 5. The SMILES string of the molecule is NCC(=O)CN1CCN(CCO)CC1. The fourth-order valence-electron chi connectivity index (χ4n) is 1.63. The van der Waals surface area contributed by atoms with Crippen molar-refractivity contribution < 1.29 is 9.90 Å². The summed E-state index contributed by atoms with van der Waals surface area (Å²) >= 11 is 0. The lowest BCUT2D eigenvalue weighted by atomic mass is 10.3. The first-order valence-corrected chi connectivity index (χ1v) is 5.03. The first kappa shape index (κ1) is 11.6. The summed E-state index contributed by atoms with van der Waals surface area (Å²) in [4.78, 5) is 15.4. The third-order valence-electron chi connectivity index (χ3n) is 2.51. The van der Waals surface area contributed by atoms with Gasteiger partial charge in [0.25, 0.3) is 0 Å². The van der Waals surface area contributed by atoms with Crippen molar-refractivity contribution in [3.63, 3.8) is 0 Å². The fourth-order valence-corrected chi connectivity index (χ4v) is 1.63. The average molecular weight is 201 g/mol. The fraction of sp³-hybridized carbons (Fsp3) is 0.889. The second-order valence-electron chi connectivity index (χ2n) is 3.58. The number of β-amino-alcohol motifs (C(OH)–C–C–N with tert-alkyl or cyclic N) is 1. The summed E-state index contributed by atoms with van der Waals surface area (Å²) in [5, 5.41) is 8.74. The van der Waals surface area contributed by atoms with Crippen LogP contribution in [0.4, 0.5) is 0 Å². The molecule has 0 amide bonds. The minimum atomic E-state index is 0.0978. The Morgan fingerprint density at radius 2 is 1.79 bits per heavy atom. The Morgan fingerprint density at radius 3 is 2.29 bits per heavy atom. The number of carbonyl (C=O) groups is 1. The van der Waals surface area contributed by atoms with Crippen LogP contribution in [0, 0.1) is 0 Å². The van der Waals surface area contributed by atoms with Gasteiger partial charge in [0.2, 0.25) is 0 Å². The number of aliphatic hydroxyl groups is 1.